The number of nitrogens with two attached hydrogens (primary N) is 1. The van der Waals surface area contributed by atoms with E-state index < -0.39 is 0 Å². The minimum Gasteiger partial charge on any atom is -0.399 e. The molecule has 1 aliphatic rings. The van der Waals surface area contributed by atoms with E-state index >= 15 is 0 Å². The summed E-state index contributed by atoms with van der Waals surface area (Å²) in [6, 6.07) is 6.69. The van der Waals surface area contributed by atoms with Crippen molar-refractivity contribution in [2.24, 2.45) is 0 Å². The third-order valence-corrected chi connectivity index (χ3v) is 3.44. The van der Waals surface area contributed by atoms with Crippen LogP contribution >= 0.6 is 0 Å². The largest absolute Gasteiger partial charge is 0.399 e. The van der Waals surface area contributed by atoms with Crippen LogP contribution in [0.2, 0.25) is 0 Å². The molecule has 1 aromatic rings. The van der Waals surface area contributed by atoms with Crippen LogP contribution in [0.25, 0.3) is 0 Å². The van der Waals surface area contributed by atoms with Gasteiger partial charge in [-0.15, -0.1) is 0 Å². The van der Waals surface area contributed by atoms with Gasteiger partial charge in [-0.2, -0.15) is 0 Å². The van der Waals surface area contributed by atoms with Gasteiger partial charge in [0.05, 0.1) is 6.61 Å². The van der Waals surface area contributed by atoms with Crippen LogP contribution in [0.15, 0.2) is 18.2 Å². The minimum atomic E-state index is 0.556. The summed E-state index contributed by atoms with van der Waals surface area (Å²) >= 11 is 0. The first-order valence-corrected chi connectivity index (χ1v) is 5.80. The lowest BCUT2D eigenvalue weighted by atomic mass is 10.1. The predicted molar refractivity (Wildman–Crippen MR) is 66.3 cm³/mol. The van der Waals surface area contributed by atoms with E-state index in [1.807, 2.05) is 12.1 Å². The Balaban J connectivity index is 2.05. The lowest BCUT2D eigenvalue weighted by Gasteiger charge is -2.23. The van der Waals surface area contributed by atoms with Crippen molar-refractivity contribution in [1.82, 2.24) is 4.90 Å². The number of nitrogen functional groups attached to an aromatic ring is 1. The van der Waals surface area contributed by atoms with Gasteiger partial charge in [0.2, 0.25) is 0 Å². The Morgan fingerprint density at radius 2 is 2.31 bits per heavy atom. The lowest BCUT2D eigenvalue weighted by molar-refractivity contribution is 0.156. The van der Waals surface area contributed by atoms with Gasteiger partial charge in [0.15, 0.2) is 0 Å². The molecule has 1 atom stereocenters. The predicted octanol–water partition coefficient (Wildman–Crippen LogP) is 1.80. The number of anilines is 1. The number of benzene rings is 1. The van der Waals surface area contributed by atoms with Crippen LogP contribution in [0.3, 0.4) is 0 Å². The van der Waals surface area contributed by atoms with Crippen LogP contribution in [0.4, 0.5) is 5.69 Å². The van der Waals surface area contributed by atoms with Gasteiger partial charge in [-0.1, -0.05) is 12.1 Å². The van der Waals surface area contributed by atoms with E-state index in [0.717, 1.165) is 31.9 Å². The average Bonchev–Trinajstić information content (AvgIpc) is 2.78. The van der Waals surface area contributed by atoms with Crippen molar-refractivity contribution in [2.75, 3.05) is 26.0 Å². The molecule has 0 saturated carbocycles. The highest BCUT2D eigenvalue weighted by Crippen LogP contribution is 2.19. The number of ether oxygens (including phenoxy) is 1. The van der Waals surface area contributed by atoms with E-state index in [1.54, 1.807) is 0 Å². The van der Waals surface area contributed by atoms with Crippen molar-refractivity contribution < 1.29 is 4.74 Å². The van der Waals surface area contributed by atoms with E-state index in [1.165, 1.54) is 11.1 Å². The number of likely N-dealkylation sites (N-methyl/N-ethyl adjacent to an activating group) is 1. The minimum absolute atomic E-state index is 0.556. The van der Waals surface area contributed by atoms with Gasteiger partial charge in [-0.3, -0.25) is 4.90 Å². The summed E-state index contributed by atoms with van der Waals surface area (Å²) in [5.41, 5.74) is 9.31. The van der Waals surface area contributed by atoms with Crippen LogP contribution in [0.1, 0.15) is 17.5 Å². The molecule has 0 aliphatic carbocycles. The SMILES string of the molecule is Cc1c(N)cccc1CN(C)C1CCOC1. The highest BCUT2D eigenvalue weighted by atomic mass is 16.5. The maximum Gasteiger partial charge on any atom is 0.0622 e. The second-order valence-electron chi connectivity index (χ2n) is 4.56. The summed E-state index contributed by atoms with van der Waals surface area (Å²) in [5.74, 6) is 0. The standard InChI is InChI=1S/C13H20N2O/c1-10-11(4-3-5-13(10)14)8-15(2)12-6-7-16-9-12/h3-5,12H,6-9,14H2,1-2H3. The molecule has 3 nitrogen and oxygen atoms in total. The zero-order chi connectivity index (χ0) is 11.5. The maximum atomic E-state index is 5.91. The molecule has 1 heterocycles. The quantitative estimate of drug-likeness (QED) is 0.789. The third-order valence-electron chi connectivity index (χ3n) is 3.44. The summed E-state index contributed by atoms with van der Waals surface area (Å²) in [4.78, 5) is 2.36. The summed E-state index contributed by atoms with van der Waals surface area (Å²) in [6.07, 6.45) is 1.14. The molecule has 16 heavy (non-hydrogen) atoms. The van der Waals surface area contributed by atoms with Gasteiger partial charge in [-0.05, 0) is 37.6 Å². The molecule has 1 aliphatic heterocycles. The Morgan fingerprint density at radius 3 is 3.00 bits per heavy atom. The van der Waals surface area contributed by atoms with E-state index in [0.29, 0.717) is 6.04 Å². The van der Waals surface area contributed by atoms with Crippen LogP contribution in [0, 0.1) is 6.92 Å². The first kappa shape index (κ1) is 11.4. The highest BCUT2D eigenvalue weighted by molar-refractivity contribution is 5.49. The molecule has 1 saturated heterocycles. The molecule has 0 spiro atoms. The van der Waals surface area contributed by atoms with Gasteiger partial charge in [-0.25, -0.2) is 0 Å². The second kappa shape index (κ2) is 4.85. The van der Waals surface area contributed by atoms with Gasteiger partial charge in [0.25, 0.3) is 0 Å². The smallest absolute Gasteiger partial charge is 0.0622 e. The molecule has 0 aromatic heterocycles. The molecular formula is C13H20N2O. The molecule has 0 amide bonds. The van der Waals surface area contributed by atoms with E-state index in [-0.39, 0.29) is 0 Å². The van der Waals surface area contributed by atoms with Crippen molar-refractivity contribution >= 4 is 5.69 Å². The third kappa shape index (κ3) is 2.36. The van der Waals surface area contributed by atoms with E-state index in [4.69, 9.17) is 10.5 Å². The normalized spacial score (nSPS) is 20.6. The molecule has 0 radical (unpaired) electrons. The van der Waals surface area contributed by atoms with Crippen LogP contribution in [0.5, 0.6) is 0 Å². The monoisotopic (exact) mass is 220 g/mol. The van der Waals surface area contributed by atoms with Crippen molar-refractivity contribution in [3.63, 3.8) is 0 Å². The molecule has 88 valence electrons. The Labute approximate surface area is 97.2 Å². The van der Waals surface area contributed by atoms with E-state index in [9.17, 15) is 0 Å². The first-order valence-electron chi connectivity index (χ1n) is 5.80. The molecule has 1 aromatic carbocycles. The molecule has 1 unspecified atom stereocenters. The van der Waals surface area contributed by atoms with Crippen molar-refractivity contribution in [1.29, 1.82) is 0 Å². The lowest BCUT2D eigenvalue weighted by Crippen LogP contribution is -2.31. The van der Waals surface area contributed by atoms with Gasteiger partial charge >= 0.3 is 0 Å². The van der Waals surface area contributed by atoms with Crippen LogP contribution in [-0.2, 0) is 11.3 Å². The molecule has 2 rings (SSSR count). The summed E-state index contributed by atoms with van der Waals surface area (Å²) in [6.45, 7) is 4.79. The topological polar surface area (TPSA) is 38.5 Å². The van der Waals surface area contributed by atoms with Crippen molar-refractivity contribution in [3.8, 4) is 0 Å². The van der Waals surface area contributed by atoms with Gasteiger partial charge in [0, 0.05) is 24.9 Å². The summed E-state index contributed by atoms with van der Waals surface area (Å²) in [5, 5.41) is 0. The highest BCUT2D eigenvalue weighted by Gasteiger charge is 2.20. The van der Waals surface area contributed by atoms with Crippen molar-refractivity contribution in [2.45, 2.75) is 25.9 Å². The number of rotatable bonds is 3. The zero-order valence-electron chi connectivity index (χ0n) is 10.1. The molecule has 3 heteroatoms. The Kier molecular flexibility index (Phi) is 3.46. The summed E-state index contributed by atoms with van der Waals surface area (Å²) in [7, 11) is 2.15. The molecule has 2 N–H and O–H groups in total. The zero-order valence-corrected chi connectivity index (χ0v) is 10.1. The number of nitrogens with zero attached hydrogens (tertiary/aromatic N) is 1. The summed E-state index contributed by atoms with van der Waals surface area (Å²) < 4.78 is 5.40. The molecular weight excluding hydrogens is 200 g/mol. The average molecular weight is 220 g/mol. The van der Waals surface area contributed by atoms with Crippen LogP contribution < -0.4 is 5.73 Å². The van der Waals surface area contributed by atoms with Gasteiger partial charge < -0.3 is 10.5 Å². The Morgan fingerprint density at radius 1 is 1.50 bits per heavy atom. The van der Waals surface area contributed by atoms with E-state index in [2.05, 4.69) is 24.9 Å². The number of hydrogen-bond acceptors (Lipinski definition) is 3. The molecule has 0 bridgehead atoms. The van der Waals surface area contributed by atoms with Crippen molar-refractivity contribution in [3.05, 3.63) is 29.3 Å². The van der Waals surface area contributed by atoms with Gasteiger partial charge in [0.1, 0.15) is 0 Å². The molecule has 1 fully saturated rings. The fourth-order valence-corrected chi connectivity index (χ4v) is 2.14. The second-order valence-corrected chi connectivity index (χ2v) is 4.56. The Hall–Kier alpha value is -1.06. The Bertz CT molecular complexity index is 359. The fraction of sp³-hybridized carbons (Fsp3) is 0.538. The number of hydrogen-bond donors (Lipinski definition) is 1. The fourth-order valence-electron chi connectivity index (χ4n) is 2.14. The maximum absolute atomic E-state index is 5.91. The van der Waals surface area contributed by atoms with Crippen LogP contribution in [-0.4, -0.2) is 31.2 Å². The first-order chi connectivity index (χ1) is 7.68.